The number of para-hydroxylation sites is 1. The number of aryl methyl sites for hydroxylation is 1. The highest BCUT2D eigenvalue weighted by Crippen LogP contribution is 2.28. The molecular formula is C23H23N5O. The lowest BCUT2D eigenvalue weighted by Gasteiger charge is -2.18. The Bertz CT molecular complexity index is 1170. The van der Waals surface area contributed by atoms with Crippen LogP contribution in [-0.2, 0) is 6.54 Å². The van der Waals surface area contributed by atoms with Crippen LogP contribution in [0.2, 0.25) is 0 Å². The summed E-state index contributed by atoms with van der Waals surface area (Å²) in [6.07, 6.45) is 3.55. The van der Waals surface area contributed by atoms with Gasteiger partial charge in [0, 0.05) is 29.3 Å². The Hall–Kier alpha value is -3.51. The van der Waals surface area contributed by atoms with E-state index >= 15 is 0 Å². The van der Waals surface area contributed by atoms with Crippen molar-refractivity contribution >= 4 is 16.8 Å². The van der Waals surface area contributed by atoms with E-state index in [4.69, 9.17) is 10.7 Å². The van der Waals surface area contributed by atoms with E-state index in [0.29, 0.717) is 12.1 Å². The van der Waals surface area contributed by atoms with Crippen LogP contribution in [0.4, 0.5) is 0 Å². The normalized spacial score (nSPS) is 12.1. The van der Waals surface area contributed by atoms with Gasteiger partial charge in [0.05, 0.1) is 23.4 Å². The molecule has 0 aliphatic heterocycles. The van der Waals surface area contributed by atoms with Gasteiger partial charge in [-0.15, -0.1) is 0 Å². The molecule has 0 fully saturated rings. The third-order valence-electron chi connectivity index (χ3n) is 5.14. The predicted molar refractivity (Wildman–Crippen MR) is 114 cm³/mol. The molecule has 146 valence electrons. The molecule has 0 saturated heterocycles. The molecule has 0 radical (unpaired) electrons. The summed E-state index contributed by atoms with van der Waals surface area (Å²) in [4.78, 5) is 17.7. The number of aromatic amines is 1. The second-order valence-electron chi connectivity index (χ2n) is 7.15. The number of amides is 1. The van der Waals surface area contributed by atoms with Crippen molar-refractivity contribution in [3.8, 4) is 11.3 Å². The zero-order valence-corrected chi connectivity index (χ0v) is 16.4. The van der Waals surface area contributed by atoms with Crippen molar-refractivity contribution < 1.29 is 4.79 Å². The van der Waals surface area contributed by atoms with Gasteiger partial charge < -0.3 is 11.1 Å². The number of carbonyl (C=O) groups excluding carboxylic acids is 1. The Morgan fingerprint density at radius 2 is 2.03 bits per heavy atom. The molecule has 1 atom stereocenters. The van der Waals surface area contributed by atoms with Gasteiger partial charge in [-0.1, -0.05) is 30.3 Å². The average molecular weight is 385 g/mol. The van der Waals surface area contributed by atoms with Crippen LogP contribution < -0.4 is 11.1 Å². The Morgan fingerprint density at radius 3 is 2.79 bits per heavy atom. The maximum absolute atomic E-state index is 13.0. The number of rotatable bonds is 5. The number of hydrogen-bond acceptors (Lipinski definition) is 4. The van der Waals surface area contributed by atoms with E-state index in [2.05, 4.69) is 15.5 Å². The molecule has 0 saturated carbocycles. The summed E-state index contributed by atoms with van der Waals surface area (Å²) in [6, 6.07) is 15.5. The molecule has 6 nitrogen and oxygen atoms in total. The molecule has 4 rings (SSSR count). The van der Waals surface area contributed by atoms with E-state index in [9.17, 15) is 4.79 Å². The summed E-state index contributed by atoms with van der Waals surface area (Å²) >= 11 is 0. The number of pyridine rings is 1. The molecule has 0 bridgehead atoms. The average Bonchev–Trinajstić information content (AvgIpc) is 3.28. The van der Waals surface area contributed by atoms with Crippen molar-refractivity contribution in [1.29, 1.82) is 0 Å². The second kappa shape index (κ2) is 7.85. The third-order valence-corrected chi connectivity index (χ3v) is 5.14. The second-order valence-corrected chi connectivity index (χ2v) is 7.15. The molecule has 0 unspecified atom stereocenters. The standard InChI is InChI=1S/C23H23N5O/c1-14-7-8-16(11-24)9-19(14)23(29)27-15(2)20-10-22(17-12-25-26-13-17)28-21-6-4-3-5-18(20)21/h3-10,12-13,15H,11,24H2,1-2H3,(H,25,26)(H,27,29)/t15-/m1/s1. The van der Waals surface area contributed by atoms with Crippen LogP contribution in [0.3, 0.4) is 0 Å². The zero-order valence-electron chi connectivity index (χ0n) is 16.4. The largest absolute Gasteiger partial charge is 0.345 e. The van der Waals surface area contributed by atoms with E-state index in [1.807, 2.05) is 68.6 Å². The maximum Gasteiger partial charge on any atom is 0.252 e. The van der Waals surface area contributed by atoms with Crippen LogP contribution in [-0.4, -0.2) is 21.1 Å². The fourth-order valence-electron chi connectivity index (χ4n) is 3.49. The molecule has 0 aliphatic rings. The van der Waals surface area contributed by atoms with Crippen molar-refractivity contribution in [2.24, 2.45) is 5.73 Å². The van der Waals surface area contributed by atoms with Crippen LogP contribution in [0, 0.1) is 6.92 Å². The number of nitrogens with zero attached hydrogens (tertiary/aromatic N) is 2. The number of aromatic nitrogens is 3. The lowest BCUT2D eigenvalue weighted by molar-refractivity contribution is 0.0939. The summed E-state index contributed by atoms with van der Waals surface area (Å²) in [6.45, 7) is 4.32. The minimum Gasteiger partial charge on any atom is -0.345 e. The van der Waals surface area contributed by atoms with E-state index in [1.165, 1.54) is 0 Å². The van der Waals surface area contributed by atoms with Gasteiger partial charge in [0.25, 0.3) is 5.91 Å². The van der Waals surface area contributed by atoms with Crippen molar-refractivity contribution in [1.82, 2.24) is 20.5 Å². The van der Waals surface area contributed by atoms with E-state index in [-0.39, 0.29) is 11.9 Å². The fourth-order valence-corrected chi connectivity index (χ4v) is 3.49. The maximum atomic E-state index is 13.0. The zero-order chi connectivity index (χ0) is 20.4. The van der Waals surface area contributed by atoms with Gasteiger partial charge >= 0.3 is 0 Å². The summed E-state index contributed by atoms with van der Waals surface area (Å²) in [7, 11) is 0. The molecular weight excluding hydrogens is 362 g/mol. The van der Waals surface area contributed by atoms with Gasteiger partial charge in [0.2, 0.25) is 0 Å². The van der Waals surface area contributed by atoms with Gasteiger partial charge in [-0.3, -0.25) is 9.89 Å². The Balaban J connectivity index is 1.71. The predicted octanol–water partition coefficient (Wildman–Crippen LogP) is 3.88. The van der Waals surface area contributed by atoms with Gasteiger partial charge in [-0.2, -0.15) is 5.10 Å². The third kappa shape index (κ3) is 3.75. The highest BCUT2D eigenvalue weighted by Gasteiger charge is 2.17. The van der Waals surface area contributed by atoms with Gasteiger partial charge in [0.1, 0.15) is 0 Å². The Morgan fingerprint density at radius 1 is 1.21 bits per heavy atom. The van der Waals surface area contributed by atoms with Crippen molar-refractivity contribution in [3.05, 3.63) is 83.2 Å². The number of H-pyrrole nitrogens is 1. The first kappa shape index (κ1) is 18.8. The van der Waals surface area contributed by atoms with E-state index < -0.39 is 0 Å². The topological polar surface area (TPSA) is 96.7 Å². The van der Waals surface area contributed by atoms with Gasteiger partial charge in [0.15, 0.2) is 0 Å². The van der Waals surface area contributed by atoms with Crippen LogP contribution in [0.5, 0.6) is 0 Å². The first-order valence-electron chi connectivity index (χ1n) is 9.56. The van der Waals surface area contributed by atoms with Crippen LogP contribution in [0.15, 0.2) is 60.9 Å². The van der Waals surface area contributed by atoms with Crippen LogP contribution in [0.1, 0.15) is 40.0 Å². The Kier molecular flexibility index (Phi) is 5.10. The Labute approximate surface area is 169 Å². The quantitative estimate of drug-likeness (QED) is 0.486. The fraction of sp³-hybridized carbons (Fsp3) is 0.174. The van der Waals surface area contributed by atoms with Crippen LogP contribution >= 0.6 is 0 Å². The van der Waals surface area contributed by atoms with Crippen molar-refractivity contribution in [3.63, 3.8) is 0 Å². The smallest absolute Gasteiger partial charge is 0.252 e. The SMILES string of the molecule is Cc1ccc(CN)cc1C(=O)N[C@H](C)c1cc(-c2cn[nH]c2)nc2ccccc12. The highest BCUT2D eigenvalue weighted by molar-refractivity contribution is 5.96. The minimum absolute atomic E-state index is 0.115. The summed E-state index contributed by atoms with van der Waals surface area (Å²) in [5.74, 6) is -0.115. The summed E-state index contributed by atoms with van der Waals surface area (Å²) < 4.78 is 0. The number of fused-ring (bicyclic) bond motifs is 1. The molecule has 6 heteroatoms. The van der Waals surface area contributed by atoms with Crippen molar-refractivity contribution in [2.45, 2.75) is 26.4 Å². The molecule has 2 aromatic carbocycles. The molecule has 1 amide bonds. The number of nitrogens with one attached hydrogen (secondary N) is 2. The number of nitrogens with two attached hydrogens (primary N) is 1. The molecule has 0 spiro atoms. The van der Waals surface area contributed by atoms with Crippen molar-refractivity contribution in [2.75, 3.05) is 0 Å². The van der Waals surface area contributed by atoms with E-state index in [0.717, 1.165) is 38.9 Å². The van der Waals surface area contributed by atoms with Gasteiger partial charge in [-0.25, -0.2) is 4.98 Å². The first-order chi connectivity index (χ1) is 14.1. The first-order valence-corrected chi connectivity index (χ1v) is 9.56. The molecule has 29 heavy (non-hydrogen) atoms. The number of carbonyl (C=O) groups is 1. The number of hydrogen-bond donors (Lipinski definition) is 3. The monoisotopic (exact) mass is 385 g/mol. The highest BCUT2D eigenvalue weighted by atomic mass is 16.1. The minimum atomic E-state index is -0.206. The lowest BCUT2D eigenvalue weighted by atomic mass is 9.99. The molecule has 2 aromatic heterocycles. The van der Waals surface area contributed by atoms with E-state index in [1.54, 1.807) is 6.20 Å². The summed E-state index contributed by atoms with van der Waals surface area (Å²) in [5.41, 5.74) is 11.8. The molecule has 2 heterocycles. The molecule has 4 aromatic rings. The molecule has 4 N–H and O–H groups in total. The summed E-state index contributed by atoms with van der Waals surface area (Å²) in [5, 5.41) is 11.0. The van der Waals surface area contributed by atoms with Crippen LogP contribution in [0.25, 0.3) is 22.2 Å². The number of benzene rings is 2. The molecule has 0 aliphatic carbocycles. The van der Waals surface area contributed by atoms with Gasteiger partial charge in [-0.05, 0) is 48.7 Å². The lowest BCUT2D eigenvalue weighted by Crippen LogP contribution is -2.27.